The molecule has 0 aliphatic heterocycles. The van der Waals surface area contributed by atoms with Crippen molar-refractivity contribution >= 4 is 22.9 Å². The summed E-state index contributed by atoms with van der Waals surface area (Å²) in [5.41, 5.74) is 2.20. The summed E-state index contributed by atoms with van der Waals surface area (Å²) in [4.78, 5) is 4.29. The number of fused-ring (bicyclic) bond motifs is 1. The van der Waals surface area contributed by atoms with E-state index in [-0.39, 0.29) is 0 Å². The molecule has 0 radical (unpaired) electrons. The molecule has 0 saturated carbocycles. The maximum absolute atomic E-state index is 4.29. The van der Waals surface area contributed by atoms with Crippen LogP contribution in [0, 0.1) is 0 Å². The van der Waals surface area contributed by atoms with Crippen molar-refractivity contribution in [2.45, 2.75) is 0 Å². The second-order valence-corrected chi connectivity index (χ2v) is 4.37. The van der Waals surface area contributed by atoms with Gasteiger partial charge in [-0.2, -0.15) is 0 Å². The van der Waals surface area contributed by atoms with E-state index in [1.54, 1.807) is 0 Å². The van der Waals surface area contributed by atoms with Crippen molar-refractivity contribution in [3.05, 3.63) is 66.2 Å². The van der Waals surface area contributed by atoms with Crippen LogP contribution in [-0.2, 0) is 7.05 Å². The maximum atomic E-state index is 4.29. The molecule has 2 aromatic carbocycles. The number of imidazole rings is 1. The molecular weight excluding hydrogens is 220 g/mol. The van der Waals surface area contributed by atoms with E-state index < -0.39 is 0 Å². The van der Waals surface area contributed by atoms with Crippen LogP contribution in [0.1, 0.15) is 11.3 Å². The first-order valence-electron chi connectivity index (χ1n) is 5.97. The lowest BCUT2D eigenvalue weighted by molar-refractivity contribution is 0.913. The van der Waals surface area contributed by atoms with Crippen molar-refractivity contribution < 1.29 is 0 Å². The summed E-state index contributed by atoms with van der Waals surface area (Å²) in [5.74, 6) is 0. The lowest BCUT2D eigenvalue weighted by atomic mass is 10.0. The molecule has 88 valence electrons. The van der Waals surface area contributed by atoms with Crippen LogP contribution in [0.2, 0.25) is 0 Å². The fourth-order valence-electron chi connectivity index (χ4n) is 2.09. The summed E-state index contributed by atoms with van der Waals surface area (Å²) >= 11 is 0. The van der Waals surface area contributed by atoms with Crippen molar-refractivity contribution in [1.82, 2.24) is 9.55 Å². The zero-order chi connectivity index (χ0) is 12.4. The molecule has 0 bridgehead atoms. The molecule has 1 aromatic heterocycles. The van der Waals surface area contributed by atoms with E-state index in [1.165, 1.54) is 16.3 Å². The van der Waals surface area contributed by atoms with Gasteiger partial charge < -0.3 is 4.57 Å². The van der Waals surface area contributed by atoms with Crippen molar-refractivity contribution in [3.63, 3.8) is 0 Å². The molecule has 0 spiro atoms. The minimum Gasteiger partial charge on any atom is -0.340 e. The molecule has 18 heavy (non-hydrogen) atoms. The number of hydrogen-bond acceptors (Lipinski definition) is 1. The smallest absolute Gasteiger partial charge is 0.0950 e. The third-order valence-electron chi connectivity index (χ3n) is 2.98. The molecule has 2 heteroatoms. The Balaban J connectivity index is 2.02. The molecule has 0 unspecified atom stereocenters. The Morgan fingerprint density at radius 1 is 1.00 bits per heavy atom. The van der Waals surface area contributed by atoms with Crippen LogP contribution < -0.4 is 0 Å². The van der Waals surface area contributed by atoms with Gasteiger partial charge in [0.15, 0.2) is 0 Å². The van der Waals surface area contributed by atoms with Crippen molar-refractivity contribution in [2.75, 3.05) is 0 Å². The highest BCUT2D eigenvalue weighted by Crippen LogP contribution is 2.20. The number of rotatable bonds is 2. The molecule has 3 aromatic rings. The van der Waals surface area contributed by atoms with Gasteiger partial charge in [-0.25, -0.2) is 4.98 Å². The molecule has 0 saturated heterocycles. The first-order chi connectivity index (χ1) is 8.83. The summed E-state index contributed by atoms with van der Waals surface area (Å²) in [5, 5.41) is 2.54. The highest BCUT2D eigenvalue weighted by molar-refractivity contribution is 5.92. The summed E-state index contributed by atoms with van der Waals surface area (Å²) in [6.45, 7) is 0. The van der Waals surface area contributed by atoms with Crippen LogP contribution in [0.25, 0.3) is 22.9 Å². The highest BCUT2D eigenvalue weighted by atomic mass is 15.0. The fourth-order valence-corrected chi connectivity index (χ4v) is 2.09. The first-order valence-corrected chi connectivity index (χ1v) is 5.97. The number of benzene rings is 2. The predicted molar refractivity (Wildman–Crippen MR) is 76.1 cm³/mol. The van der Waals surface area contributed by atoms with Gasteiger partial charge in [-0.15, -0.1) is 0 Å². The lowest BCUT2D eigenvalue weighted by Gasteiger charge is -2.01. The third kappa shape index (κ3) is 2.05. The Labute approximate surface area is 106 Å². The topological polar surface area (TPSA) is 17.8 Å². The SMILES string of the molecule is Cn1cnc(/C=C/c2cccc3ccccc23)c1. The van der Waals surface area contributed by atoms with Gasteiger partial charge in [0.2, 0.25) is 0 Å². The summed E-state index contributed by atoms with van der Waals surface area (Å²) < 4.78 is 1.95. The third-order valence-corrected chi connectivity index (χ3v) is 2.98. The molecule has 0 amide bonds. The van der Waals surface area contributed by atoms with Crippen molar-refractivity contribution in [2.24, 2.45) is 7.05 Å². The van der Waals surface area contributed by atoms with Gasteiger partial charge in [-0.3, -0.25) is 0 Å². The zero-order valence-corrected chi connectivity index (χ0v) is 10.2. The Morgan fingerprint density at radius 2 is 1.83 bits per heavy atom. The number of nitrogens with zero attached hydrogens (tertiary/aromatic N) is 2. The van der Waals surface area contributed by atoms with Gasteiger partial charge in [0.1, 0.15) is 0 Å². The van der Waals surface area contributed by atoms with E-state index in [1.807, 2.05) is 30.2 Å². The molecule has 0 aliphatic rings. The van der Waals surface area contributed by atoms with Gasteiger partial charge in [-0.05, 0) is 22.4 Å². The molecule has 0 fully saturated rings. The molecule has 2 nitrogen and oxygen atoms in total. The lowest BCUT2D eigenvalue weighted by Crippen LogP contribution is -1.78. The van der Waals surface area contributed by atoms with Crippen LogP contribution in [0.4, 0.5) is 0 Å². The van der Waals surface area contributed by atoms with Crippen LogP contribution in [0.3, 0.4) is 0 Å². The molecule has 0 aliphatic carbocycles. The van der Waals surface area contributed by atoms with E-state index in [4.69, 9.17) is 0 Å². The van der Waals surface area contributed by atoms with E-state index in [0.717, 1.165) is 5.69 Å². The van der Waals surface area contributed by atoms with Crippen LogP contribution in [0.15, 0.2) is 55.0 Å². The van der Waals surface area contributed by atoms with E-state index in [0.29, 0.717) is 0 Å². The molecule has 0 atom stereocenters. The van der Waals surface area contributed by atoms with E-state index in [9.17, 15) is 0 Å². The Bertz CT molecular complexity index is 702. The minimum absolute atomic E-state index is 0.977. The second-order valence-electron chi connectivity index (χ2n) is 4.37. The standard InChI is InChI=1S/C16H14N2/c1-18-11-15(17-12-18)10-9-14-7-4-6-13-5-2-3-8-16(13)14/h2-12H,1H3/b10-9+. The van der Waals surface area contributed by atoms with Crippen molar-refractivity contribution in [1.29, 1.82) is 0 Å². The average Bonchev–Trinajstić information content (AvgIpc) is 2.82. The van der Waals surface area contributed by atoms with Crippen LogP contribution >= 0.6 is 0 Å². The molecule has 1 heterocycles. The first kappa shape index (κ1) is 10.8. The molecule has 3 rings (SSSR count). The largest absolute Gasteiger partial charge is 0.340 e. The normalized spacial score (nSPS) is 11.4. The molecule has 0 N–H and O–H groups in total. The fraction of sp³-hybridized carbons (Fsp3) is 0.0625. The Morgan fingerprint density at radius 3 is 2.67 bits per heavy atom. The van der Waals surface area contributed by atoms with Gasteiger partial charge in [-0.1, -0.05) is 48.5 Å². The van der Waals surface area contributed by atoms with Crippen LogP contribution in [0.5, 0.6) is 0 Å². The number of aryl methyl sites for hydroxylation is 1. The average molecular weight is 234 g/mol. The molecular formula is C16H14N2. The summed E-state index contributed by atoms with van der Waals surface area (Å²) in [7, 11) is 1.97. The monoisotopic (exact) mass is 234 g/mol. The zero-order valence-electron chi connectivity index (χ0n) is 10.2. The second kappa shape index (κ2) is 4.49. The highest BCUT2D eigenvalue weighted by Gasteiger charge is 1.97. The van der Waals surface area contributed by atoms with Gasteiger partial charge in [0.25, 0.3) is 0 Å². The summed E-state index contributed by atoms with van der Waals surface area (Å²) in [6.07, 6.45) is 7.97. The number of hydrogen-bond donors (Lipinski definition) is 0. The summed E-state index contributed by atoms with van der Waals surface area (Å²) in [6, 6.07) is 14.8. The van der Waals surface area contributed by atoms with Gasteiger partial charge >= 0.3 is 0 Å². The predicted octanol–water partition coefficient (Wildman–Crippen LogP) is 3.74. The maximum Gasteiger partial charge on any atom is 0.0950 e. The van der Waals surface area contributed by atoms with E-state index >= 15 is 0 Å². The van der Waals surface area contributed by atoms with Crippen LogP contribution in [-0.4, -0.2) is 9.55 Å². The van der Waals surface area contributed by atoms with Gasteiger partial charge in [0, 0.05) is 13.2 Å². The number of aromatic nitrogens is 2. The van der Waals surface area contributed by atoms with Crippen molar-refractivity contribution in [3.8, 4) is 0 Å². The Kier molecular flexibility index (Phi) is 2.69. The van der Waals surface area contributed by atoms with E-state index in [2.05, 4.69) is 53.5 Å². The minimum atomic E-state index is 0.977. The Hall–Kier alpha value is -2.35. The quantitative estimate of drug-likeness (QED) is 0.660. The van der Waals surface area contributed by atoms with Gasteiger partial charge in [0.05, 0.1) is 12.0 Å².